The second kappa shape index (κ2) is 2.85. The Hall–Kier alpha value is -0.360. The number of rotatable bonds is 0. The molecule has 2 aromatic rings. The quantitative estimate of drug-likeness (QED) is 0.586. The van der Waals surface area contributed by atoms with Gasteiger partial charge in [0.15, 0.2) is 5.82 Å². The van der Waals surface area contributed by atoms with Crippen molar-refractivity contribution in [2.75, 3.05) is 5.73 Å². The van der Waals surface area contributed by atoms with Crippen molar-refractivity contribution in [3.05, 3.63) is 26.9 Å². The van der Waals surface area contributed by atoms with Crippen molar-refractivity contribution >= 4 is 49.7 Å². The van der Waals surface area contributed by atoms with E-state index in [-0.39, 0.29) is 5.82 Å². The van der Waals surface area contributed by atoms with Crippen LogP contribution in [0.4, 0.5) is 10.1 Å². The number of fused-ring (bicyclic) bond motifs is 1. The van der Waals surface area contributed by atoms with E-state index in [4.69, 9.17) is 5.73 Å². The van der Waals surface area contributed by atoms with Crippen molar-refractivity contribution in [2.45, 2.75) is 0 Å². The molecule has 62 valence electrons. The molecule has 4 heteroatoms. The van der Waals surface area contributed by atoms with Crippen molar-refractivity contribution in [3.8, 4) is 0 Å². The standard InChI is InChI=1S/C8H5FINS/c9-6-4-2-1-3-5(11)7(4)12-8(6)10/h1-3H,11H2. The lowest BCUT2D eigenvalue weighted by Crippen LogP contribution is -1.82. The number of nitrogens with two attached hydrogens (primary N) is 1. The Morgan fingerprint density at radius 1 is 1.42 bits per heavy atom. The minimum atomic E-state index is -0.150. The summed E-state index contributed by atoms with van der Waals surface area (Å²) >= 11 is 3.37. The van der Waals surface area contributed by atoms with E-state index in [9.17, 15) is 4.39 Å². The molecule has 0 spiro atoms. The lowest BCUT2D eigenvalue weighted by molar-refractivity contribution is 0.638. The van der Waals surface area contributed by atoms with Gasteiger partial charge in [-0.3, -0.25) is 0 Å². The molecule has 0 bridgehead atoms. The van der Waals surface area contributed by atoms with Crippen LogP contribution < -0.4 is 5.73 Å². The molecule has 0 aliphatic carbocycles. The molecular formula is C8H5FINS. The van der Waals surface area contributed by atoms with Crippen molar-refractivity contribution in [1.82, 2.24) is 0 Å². The van der Waals surface area contributed by atoms with E-state index in [1.54, 1.807) is 18.2 Å². The SMILES string of the molecule is Nc1cccc2c(F)c(I)sc12. The third-order valence-electron chi connectivity index (χ3n) is 1.65. The van der Waals surface area contributed by atoms with Gasteiger partial charge in [0, 0.05) is 11.1 Å². The maximum Gasteiger partial charge on any atom is 0.155 e. The highest BCUT2D eigenvalue weighted by Crippen LogP contribution is 2.34. The summed E-state index contributed by atoms with van der Waals surface area (Å²) in [6.07, 6.45) is 0. The Labute approximate surface area is 86.5 Å². The van der Waals surface area contributed by atoms with Gasteiger partial charge in [0.05, 0.1) is 4.70 Å². The summed E-state index contributed by atoms with van der Waals surface area (Å²) in [7, 11) is 0. The molecule has 1 nitrogen and oxygen atoms in total. The highest BCUT2D eigenvalue weighted by Gasteiger charge is 2.10. The number of anilines is 1. The molecule has 0 saturated heterocycles. The maximum absolute atomic E-state index is 13.3. The molecule has 0 aliphatic heterocycles. The largest absolute Gasteiger partial charge is 0.398 e. The first-order valence-electron chi connectivity index (χ1n) is 3.32. The number of hydrogen-bond acceptors (Lipinski definition) is 2. The molecule has 0 radical (unpaired) electrons. The van der Waals surface area contributed by atoms with Gasteiger partial charge in [0.25, 0.3) is 0 Å². The average Bonchev–Trinajstić information content (AvgIpc) is 2.32. The number of nitrogen functional groups attached to an aromatic ring is 1. The molecule has 2 N–H and O–H groups in total. The topological polar surface area (TPSA) is 26.0 Å². The van der Waals surface area contributed by atoms with Crippen molar-refractivity contribution in [2.24, 2.45) is 0 Å². The van der Waals surface area contributed by atoms with Gasteiger partial charge in [0.2, 0.25) is 0 Å². The van der Waals surface area contributed by atoms with Gasteiger partial charge in [-0.1, -0.05) is 12.1 Å². The highest BCUT2D eigenvalue weighted by atomic mass is 127. The van der Waals surface area contributed by atoms with E-state index in [0.717, 1.165) is 4.70 Å². The summed E-state index contributed by atoms with van der Waals surface area (Å²) in [5.74, 6) is -0.150. The van der Waals surface area contributed by atoms with Crippen molar-refractivity contribution < 1.29 is 4.39 Å². The molecule has 0 fully saturated rings. The summed E-state index contributed by atoms with van der Waals surface area (Å²) in [5, 5.41) is 0.629. The maximum atomic E-state index is 13.3. The Bertz CT molecular complexity index is 438. The summed E-state index contributed by atoms with van der Waals surface area (Å²) < 4.78 is 14.8. The molecule has 1 aromatic carbocycles. The minimum Gasteiger partial charge on any atom is -0.398 e. The molecule has 0 atom stereocenters. The molecule has 12 heavy (non-hydrogen) atoms. The van der Waals surface area contributed by atoms with Gasteiger partial charge < -0.3 is 5.73 Å². The van der Waals surface area contributed by atoms with Crippen molar-refractivity contribution in [1.29, 1.82) is 0 Å². The third-order valence-corrected chi connectivity index (χ3v) is 3.80. The van der Waals surface area contributed by atoms with Crippen LogP contribution in [0, 0.1) is 8.70 Å². The third kappa shape index (κ3) is 1.09. The first-order valence-corrected chi connectivity index (χ1v) is 5.21. The summed E-state index contributed by atoms with van der Waals surface area (Å²) in [6, 6.07) is 5.30. The lowest BCUT2D eigenvalue weighted by atomic mass is 10.2. The van der Waals surface area contributed by atoms with Crippen molar-refractivity contribution in [3.63, 3.8) is 0 Å². The van der Waals surface area contributed by atoms with E-state index in [1.165, 1.54) is 11.3 Å². The monoisotopic (exact) mass is 293 g/mol. The van der Waals surface area contributed by atoms with Crippen LogP contribution in [0.2, 0.25) is 0 Å². The zero-order valence-corrected chi connectivity index (χ0v) is 8.95. The Balaban J connectivity index is 2.95. The van der Waals surface area contributed by atoms with Crippen LogP contribution in [0.1, 0.15) is 0 Å². The van der Waals surface area contributed by atoms with Gasteiger partial charge >= 0.3 is 0 Å². The number of halogens is 2. The minimum absolute atomic E-state index is 0.150. The van der Waals surface area contributed by atoms with Gasteiger partial charge in [-0.15, -0.1) is 11.3 Å². The lowest BCUT2D eigenvalue weighted by Gasteiger charge is -1.92. The van der Waals surface area contributed by atoms with E-state index in [2.05, 4.69) is 0 Å². The predicted molar refractivity (Wildman–Crippen MR) is 58.9 cm³/mol. The second-order valence-electron chi connectivity index (χ2n) is 2.41. The predicted octanol–water partition coefficient (Wildman–Crippen LogP) is 3.23. The van der Waals surface area contributed by atoms with Gasteiger partial charge in [-0.2, -0.15) is 0 Å². The normalized spacial score (nSPS) is 10.8. The van der Waals surface area contributed by atoms with Crippen LogP contribution in [0.3, 0.4) is 0 Å². The number of benzene rings is 1. The molecule has 2 rings (SSSR count). The van der Waals surface area contributed by atoms with E-state index in [1.807, 2.05) is 22.6 Å². The molecule has 1 heterocycles. The zero-order valence-electron chi connectivity index (χ0n) is 5.97. The molecule has 0 unspecified atom stereocenters. The summed E-state index contributed by atoms with van der Waals surface area (Å²) in [5.41, 5.74) is 6.33. The van der Waals surface area contributed by atoms with E-state index >= 15 is 0 Å². The fraction of sp³-hybridized carbons (Fsp3) is 0. The summed E-state index contributed by atoms with van der Waals surface area (Å²) in [4.78, 5) is 0. The van der Waals surface area contributed by atoms with Crippen LogP contribution in [0.5, 0.6) is 0 Å². The van der Waals surface area contributed by atoms with Gasteiger partial charge in [-0.25, -0.2) is 4.39 Å². The number of hydrogen-bond donors (Lipinski definition) is 1. The highest BCUT2D eigenvalue weighted by molar-refractivity contribution is 14.1. The first kappa shape index (κ1) is 8.25. The van der Waals surface area contributed by atoms with E-state index in [0.29, 0.717) is 14.0 Å². The summed E-state index contributed by atoms with van der Waals surface area (Å²) in [6.45, 7) is 0. The fourth-order valence-electron chi connectivity index (χ4n) is 1.08. The second-order valence-corrected chi connectivity index (χ2v) is 5.25. The van der Waals surface area contributed by atoms with Crippen LogP contribution in [0.15, 0.2) is 18.2 Å². The molecule has 0 saturated carbocycles. The fourth-order valence-corrected chi connectivity index (χ4v) is 2.87. The number of thiophene rings is 1. The molecule has 0 amide bonds. The van der Waals surface area contributed by atoms with Gasteiger partial charge in [0.1, 0.15) is 2.88 Å². The average molecular weight is 293 g/mol. The van der Waals surface area contributed by atoms with Crippen LogP contribution in [0.25, 0.3) is 10.1 Å². The molecule has 0 aliphatic rings. The zero-order chi connectivity index (χ0) is 8.72. The Morgan fingerprint density at radius 3 is 2.83 bits per heavy atom. The Morgan fingerprint density at radius 2 is 2.17 bits per heavy atom. The Kier molecular flexibility index (Phi) is 1.96. The smallest absolute Gasteiger partial charge is 0.155 e. The van der Waals surface area contributed by atoms with Crippen LogP contribution in [-0.2, 0) is 0 Å². The molecule has 1 aromatic heterocycles. The van der Waals surface area contributed by atoms with Gasteiger partial charge in [-0.05, 0) is 28.7 Å². The van der Waals surface area contributed by atoms with Crippen LogP contribution in [-0.4, -0.2) is 0 Å². The van der Waals surface area contributed by atoms with Crippen LogP contribution >= 0.6 is 33.9 Å². The first-order chi connectivity index (χ1) is 5.70. The molecular weight excluding hydrogens is 288 g/mol. The van der Waals surface area contributed by atoms with E-state index < -0.39 is 0 Å².